The van der Waals surface area contributed by atoms with Gasteiger partial charge >= 0.3 is 0 Å². The van der Waals surface area contributed by atoms with Gasteiger partial charge in [0.25, 0.3) is 5.91 Å². The lowest BCUT2D eigenvalue weighted by molar-refractivity contribution is 0.0706. The van der Waals surface area contributed by atoms with Gasteiger partial charge in [0.05, 0.1) is 6.04 Å². The van der Waals surface area contributed by atoms with Crippen molar-refractivity contribution in [2.75, 3.05) is 25.0 Å². The molecule has 1 unspecified atom stereocenters. The van der Waals surface area contributed by atoms with Gasteiger partial charge in [-0.05, 0) is 80.0 Å². The summed E-state index contributed by atoms with van der Waals surface area (Å²) < 4.78 is 0. The van der Waals surface area contributed by atoms with Crippen molar-refractivity contribution in [3.8, 4) is 0 Å². The highest BCUT2D eigenvalue weighted by Crippen LogP contribution is 2.58. The number of likely N-dealkylation sites (tertiary alicyclic amines) is 1. The number of benzene rings is 3. The fourth-order valence-corrected chi connectivity index (χ4v) is 5.76. The van der Waals surface area contributed by atoms with Crippen LogP contribution < -0.4 is 10.4 Å². The summed E-state index contributed by atoms with van der Waals surface area (Å²) in [5, 5.41) is 9.66. The van der Waals surface area contributed by atoms with E-state index in [1.165, 1.54) is 16.8 Å². The Balaban J connectivity index is 1.58. The highest BCUT2D eigenvalue weighted by atomic mass is 35.5. The van der Waals surface area contributed by atoms with Gasteiger partial charge in [-0.1, -0.05) is 54.1 Å². The number of anilines is 1. The number of fused-ring (bicyclic) bond motifs is 2. The molecule has 1 amide bonds. The third-order valence-electron chi connectivity index (χ3n) is 7.32. The maximum Gasteiger partial charge on any atom is 0.274 e. The first-order chi connectivity index (χ1) is 16.0. The fourth-order valence-electron chi connectivity index (χ4n) is 5.63. The van der Waals surface area contributed by atoms with E-state index in [4.69, 9.17) is 16.8 Å². The minimum absolute atomic E-state index is 0.0354. The number of para-hydroxylation sites is 1. The van der Waals surface area contributed by atoms with Gasteiger partial charge in [0.15, 0.2) is 0 Å². The fraction of sp³-hybridized carbons (Fsp3) is 0.296. The van der Waals surface area contributed by atoms with Gasteiger partial charge in [-0.2, -0.15) is 0 Å². The zero-order chi connectivity index (χ0) is 23.0. The second-order valence-corrected chi connectivity index (χ2v) is 9.63. The zero-order valence-electron chi connectivity index (χ0n) is 18.7. The van der Waals surface area contributed by atoms with Crippen LogP contribution in [0.2, 0.25) is 5.02 Å². The molecule has 2 aliphatic rings. The van der Waals surface area contributed by atoms with Crippen molar-refractivity contribution in [2.45, 2.75) is 30.8 Å². The van der Waals surface area contributed by atoms with E-state index in [9.17, 15) is 4.79 Å². The molecule has 2 heterocycles. The number of hydrogen-bond donors (Lipinski definition) is 2. The number of piperidine rings is 1. The van der Waals surface area contributed by atoms with Crippen LogP contribution in [0.4, 0.5) is 5.69 Å². The maximum atomic E-state index is 11.7. The molecule has 6 heteroatoms. The minimum Gasteiger partial charge on any atom is -0.359 e. The summed E-state index contributed by atoms with van der Waals surface area (Å²) in [7, 11) is 2.20. The SMILES string of the molecule is CN1CCC2(CC1)c1ccccc1N(Cc1ccc(C(=O)NO)cc1)C2c1ccc(Cl)cc1. The normalized spacial score (nSPS) is 19.5. The van der Waals surface area contributed by atoms with E-state index < -0.39 is 5.91 Å². The number of hydroxylamine groups is 1. The molecule has 5 rings (SSSR count). The van der Waals surface area contributed by atoms with Crippen molar-refractivity contribution in [3.05, 3.63) is 100 Å². The minimum atomic E-state index is -0.502. The van der Waals surface area contributed by atoms with Gasteiger partial charge in [0.1, 0.15) is 0 Å². The van der Waals surface area contributed by atoms with Gasteiger partial charge in [-0.15, -0.1) is 0 Å². The summed E-state index contributed by atoms with van der Waals surface area (Å²) in [4.78, 5) is 16.7. The van der Waals surface area contributed by atoms with Crippen molar-refractivity contribution >= 4 is 23.2 Å². The van der Waals surface area contributed by atoms with Gasteiger partial charge in [-0.25, -0.2) is 5.48 Å². The number of hydrogen-bond acceptors (Lipinski definition) is 4. The summed E-state index contributed by atoms with van der Waals surface area (Å²) in [5.41, 5.74) is 7.26. The van der Waals surface area contributed by atoms with Crippen molar-refractivity contribution in [1.29, 1.82) is 0 Å². The molecule has 3 aromatic carbocycles. The molecule has 0 saturated carbocycles. The molecule has 0 bridgehead atoms. The predicted molar refractivity (Wildman–Crippen MR) is 131 cm³/mol. The van der Waals surface area contributed by atoms with Gasteiger partial charge in [-0.3, -0.25) is 10.0 Å². The van der Waals surface area contributed by atoms with E-state index in [1.54, 1.807) is 17.6 Å². The Morgan fingerprint density at radius 3 is 2.36 bits per heavy atom. The second kappa shape index (κ2) is 8.82. The summed E-state index contributed by atoms with van der Waals surface area (Å²) in [6, 6.07) is 24.8. The van der Waals surface area contributed by atoms with Crippen LogP contribution in [0.3, 0.4) is 0 Å². The molecule has 1 spiro atoms. The molecule has 0 aliphatic carbocycles. The topological polar surface area (TPSA) is 55.8 Å². The molecule has 2 aliphatic heterocycles. The van der Waals surface area contributed by atoms with E-state index >= 15 is 0 Å². The number of nitrogens with one attached hydrogen (secondary N) is 1. The lowest BCUT2D eigenvalue weighted by atomic mass is 9.67. The number of carbonyl (C=O) groups excluding carboxylic acids is 1. The van der Waals surface area contributed by atoms with Crippen molar-refractivity contribution in [3.63, 3.8) is 0 Å². The summed E-state index contributed by atoms with van der Waals surface area (Å²) in [6.07, 6.45) is 2.19. The van der Waals surface area contributed by atoms with Crippen LogP contribution >= 0.6 is 11.6 Å². The molecule has 5 nitrogen and oxygen atoms in total. The molecule has 33 heavy (non-hydrogen) atoms. The van der Waals surface area contributed by atoms with Crippen LogP contribution in [-0.4, -0.2) is 36.2 Å². The van der Waals surface area contributed by atoms with Crippen LogP contribution in [0.15, 0.2) is 72.8 Å². The lowest BCUT2D eigenvalue weighted by Gasteiger charge is -2.44. The number of rotatable bonds is 4. The predicted octanol–water partition coefficient (Wildman–Crippen LogP) is 5.18. The maximum absolute atomic E-state index is 11.7. The summed E-state index contributed by atoms with van der Waals surface area (Å²) >= 11 is 6.25. The molecule has 3 aromatic rings. The van der Waals surface area contributed by atoms with E-state index in [0.717, 1.165) is 43.1 Å². The van der Waals surface area contributed by atoms with E-state index in [2.05, 4.69) is 53.2 Å². The number of carbonyl (C=O) groups is 1. The van der Waals surface area contributed by atoms with E-state index in [1.807, 2.05) is 24.3 Å². The number of amides is 1. The Bertz CT molecular complexity index is 1140. The lowest BCUT2D eigenvalue weighted by Crippen LogP contribution is -2.45. The monoisotopic (exact) mass is 461 g/mol. The Hall–Kier alpha value is -2.86. The third-order valence-corrected chi connectivity index (χ3v) is 7.57. The Morgan fingerprint density at radius 1 is 1.03 bits per heavy atom. The average Bonchev–Trinajstić information content (AvgIpc) is 3.11. The van der Waals surface area contributed by atoms with Gasteiger partial charge in [0, 0.05) is 28.2 Å². The third kappa shape index (κ3) is 3.90. The standard InChI is InChI=1S/C27H28ClN3O2/c1-30-16-14-27(15-17-30)23-4-2-3-5-24(23)31(25(27)20-10-12-22(28)13-11-20)18-19-6-8-21(9-7-19)26(32)29-33/h2-13,25,33H,14-18H2,1H3,(H,29,32). The van der Waals surface area contributed by atoms with Gasteiger partial charge in [0.2, 0.25) is 0 Å². The Labute approximate surface area is 199 Å². The van der Waals surface area contributed by atoms with Crippen molar-refractivity contribution in [1.82, 2.24) is 10.4 Å². The first-order valence-electron chi connectivity index (χ1n) is 11.4. The van der Waals surface area contributed by atoms with Crippen molar-refractivity contribution in [2.24, 2.45) is 0 Å². The average molecular weight is 462 g/mol. The van der Waals surface area contributed by atoms with Crippen molar-refractivity contribution < 1.29 is 10.0 Å². The quantitative estimate of drug-likeness (QED) is 0.415. The Morgan fingerprint density at radius 2 is 1.70 bits per heavy atom. The molecular formula is C27H28ClN3O2. The first kappa shape index (κ1) is 22.0. The highest BCUT2D eigenvalue weighted by molar-refractivity contribution is 6.30. The molecule has 1 atom stereocenters. The molecule has 1 fully saturated rings. The van der Waals surface area contributed by atoms with Crippen LogP contribution in [0, 0.1) is 0 Å². The molecule has 2 N–H and O–H groups in total. The molecular weight excluding hydrogens is 434 g/mol. The number of halogens is 1. The molecule has 1 saturated heterocycles. The first-order valence-corrected chi connectivity index (χ1v) is 11.7. The summed E-state index contributed by atoms with van der Waals surface area (Å²) in [5.74, 6) is -0.502. The van der Waals surface area contributed by atoms with E-state index in [-0.39, 0.29) is 11.5 Å². The zero-order valence-corrected chi connectivity index (χ0v) is 19.4. The smallest absolute Gasteiger partial charge is 0.274 e. The van der Waals surface area contributed by atoms with Crippen LogP contribution in [0.5, 0.6) is 0 Å². The van der Waals surface area contributed by atoms with Crippen LogP contribution in [0.1, 0.15) is 45.9 Å². The largest absolute Gasteiger partial charge is 0.359 e. The summed E-state index contributed by atoms with van der Waals surface area (Å²) in [6.45, 7) is 2.86. The van der Waals surface area contributed by atoms with Crippen LogP contribution in [-0.2, 0) is 12.0 Å². The molecule has 0 radical (unpaired) electrons. The van der Waals surface area contributed by atoms with E-state index in [0.29, 0.717) is 5.56 Å². The Kier molecular flexibility index (Phi) is 5.87. The highest BCUT2D eigenvalue weighted by Gasteiger charge is 2.52. The van der Waals surface area contributed by atoms with Gasteiger partial charge < -0.3 is 9.80 Å². The molecule has 0 aromatic heterocycles. The van der Waals surface area contributed by atoms with Crippen LogP contribution in [0.25, 0.3) is 0 Å². The second-order valence-electron chi connectivity index (χ2n) is 9.20. The molecule has 170 valence electrons. The number of nitrogens with zero attached hydrogens (tertiary/aromatic N) is 2.